The molecular weight excluding hydrogens is 440 g/mol. The fourth-order valence-corrected chi connectivity index (χ4v) is 4.92. The van der Waals surface area contributed by atoms with E-state index in [0.29, 0.717) is 26.4 Å². The lowest BCUT2D eigenvalue weighted by atomic mass is 9.96. The molecule has 1 fully saturated rings. The average Bonchev–Trinajstić information content (AvgIpc) is 2.91. The van der Waals surface area contributed by atoms with Crippen molar-refractivity contribution < 1.29 is 19.3 Å². The van der Waals surface area contributed by atoms with E-state index in [1.807, 2.05) is 24.3 Å². The summed E-state index contributed by atoms with van der Waals surface area (Å²) in [6.45, 7) is 5.50. The van der Waals surface area contributed by atoms with Crippen LogP contribution in [0.1, 0.15) is 17.2 Å². The highest BCUT2D eigenvalue weighted by atomic mass is 16.6. The van der Waals surface area contributed by atoms with Gasteiger partial charge in [-0.3, -0.25) is 9.80 Å². The predicted molar refractivity (Wildman–Crippen MR) is 136 cm³/mol. The van der Waals surface area contributed by atoms with Gasteiger partial charge in [-0.2, -0.15) is 0 Å². The van der Waals surface area contributed by atoms with Crippen molar-refractivity contribution in [3.05, 3.63) is 96.1 Å². The van der Waals surface area contributed by atoms with Crippen LogP contribution in [0.5, 0.6) is 11.5 Å². The molecule has 6 nitrogen and oxygen atoms in total. The van der Waals surface area contributed by atoms with Gasteiger partial charge in [0.25, 0.3) is 0 Å². The van der Waals surface area contributed by atoms with Gasteiger partial charge < -0.3 is 19.3 Å². The summed E-state index contributed by atoms with van der Waals surface area (Å²) in [5, 5.41) is 10.6. The smallest absolute Gasteiger partial charge is 0.161 e. The summed E-state index contributed by atoms with van der Waals surface area (Å²) in [5.41, 5.74) is 2.63. The maximum Gasteiger partial charge on any atom is 0.161 e. The number of hydrogen-bond donors (Lipinski definition) is 1. The molecule has 2 aliphatic heterocycles. The monoisotopic (exact) mass is 474 g/mol. The van der Waals surface area contributed by atoms with E-state index in [0.717, 1.165) is 37.7 Å². The van der Waals surface area contributed by atoms with E-state index in [2.05, 4.69) is 70.5 Å². The highest BCUT2D eigenvalue weighted by Gasteiger charge is 2.27. The van der Waals surface area contributed by atoms with E-state index in [9.17, 15) is 5.11 Å². The van der Waals surface area contributed by atoms with E-state index in [1.54, 1.807) is 0 Å². The molecule has 0 spiro atoms. The van der Waals surface area contributed by atoms with Crippen molar-refractivity contribution in [2.24, 2.45) is 0 Å². The highest BCUT2D eigenvalue weighted by molar-refractivity contribution is 5.40. The Morgan fingerprint density at radius 1 is 0.800 bits per heavy atom. The average molecular weight is 475 g/mol. The van der Waals surface area contributed by atoms with Crippen LogP contribution in [0.4, 0.5) is 0 Å². The number of para-hydroxylation sites is 2. The van der Waals surface area contributed by atoms with Crippen molar-refractivity contribution >= 4 is 0 Å². The Morgan fingerprint density at radius 2 is 1.40 bits per heavy atom. The van der Waals surface area contributed by atoms with Crippen molar-refractivity contribution in [3.63, 3.8) is 0 Å². The Morgan fingerprint density at radius 3 is 2.06 bits per heavy atom. The molecule has 3 aromatic carbocycles. The summed E-state index contributed by atoms with van der Waals surface area (Å²) >= 11 is 0. The van der Waals surface area contributed by atoms with Crippen LogP contribution in [-0.4, -0.2) is 79.7 Å². The van der Waals surface area contributed by atoms with E-state index >= 15 is 0 Å². The third-order valence-corrected chi connectivity index (χ3v) is 6.65. The topological polar surface area (TPSA) is 54.4 Å². The van der Waals surface area contributed by atoms with Gasteiger partial charge in [-0.05, 0) is 23.3 Å². The molecule has 2 heterocycles. The number of ether oxygens (including phenoxy) is 3. The van der Waals surface area contributed by atoms with Crippen LogP contribution in [0.2, 0.25) is 0 Å². The van der Waals surface area contributed by atoms with Crippen LogP contribution < -0.4 is 9.47 Å². The normalized spacial score (nSPS) is 19.5. The Balaban J connectivity index is 1.08. The van der Waals surface area contributed by atoms with Gasteiger partial charge in [0.15, 0.2) is 17.6 Å². The van der Waals surface area contributed by atoms with Gasteiger partial charge in [0.1, 0.15) is 6.61 Å². The minimum Gasteiger partial charge on any atom is -0.486 e. The molecular formula is C29H34N2O4. The fourth-order valence-electron chi connectivity index (χ4n) is 4.92. The number of hydrogen-bond acceptors (Lipinski definition) is 6. The molecule has 0 radical (unpaired) electrons. The zero-order chi connectivity index (χ0) is 23.9. The summed E-state index contributed by atoms with van der Waals surface area (Å²) in [5.74, 6) is 1.51. The number of piperazine rings is 1. The minimum atomic E-state index is -0.530. The first kappa shape index (κ1) is 23.8. The van der Waals surface area contributed by atoms with Gasteiger partial charge >= 0.3 is 0 Å². The molecule has 35 heavy (non-hydrogen) atoms. The lowest BCUT2D eigenvalue weighted by Crippen LogP contribution is -2.50. The molecule has 0 aliphatic carbocycles. The van der Waals surface area contributed by atoms with Crippen molar-refractivity contribution in [1.29, 1.82) is 0 Å². The standard InChI is InChI=1S/C29H34N2O4/c32-25(20-33-21-26-22-34-27-13-7-8-14-28(27)35-26)19-30-15-17-31(18-16-30)29(23-9-3-1-4-10-23)24-11-5-2-6-12-24/h1-14,25-26,29,32H,15-22H2/t25-,26-/m0/s1. The first-order valence-electron chi connectivity index (χ1n) is 12.5. The van der Waals surface area contributed by atoms with Crippen LogP contribution in [0.25, 0.3) is 0 Å². The Bertz CT molecular complexity index is 1000. The van der Waals surface area contributed by atoms with Crippen LogP contribution in [0.3, 0.4) is 0 Å². The SMILES string of the molecule is O[C@H](COC[C@H]1COc2ccccc2O1)CN1CCN(C(c2ccccc2)c2ccccc2)CC1. The summed E-state index contributed by atoms with van der Waals surface area (Å²) in [4.78, 5) is 4.87. The van der Waals surface area contributed by atoms with Gasteiger partial charge in [-0.25, -0.2) is 0 Å². The number of β-amino-alcohol motifs (C(OH)–C–C–N with tert-alkyl or cyclic N) is 1. The second-order valence-corrected chi connectivity index (χ2v) is 9.25. The third-order valence-electron chi connectivity index (χ3n) is 6.65. The van der Waals surface area contributed by atoms with Crippen LogP contribution >= 0.6 is 0 Å². The van der Waals surface area contributed by atoms with E-state index in [-0.39, 0.29) is 12.1 Å². The van der Waals surface area contributed by atoms with Gasteiger partial charge in [-0.1, -0.05) is 72.8 Å². The molecule has 0 bridgehead atoms. The maximum atomic E-state index is 10.6. The quantitative estimate of drug-likeness (QED) is 0.511. The van der Waals surface area contributed by atoms with Gasteiger partial charge in [-0.15, -0.1) is 0 Å². The summed E-state index contributed by atoms with van der Waals surface area (Å²) in [6, 6.07) is 29.3. The Labute approximate surface area is 207 Å². The first-order chi connectivity index (χ1) is 17.3. The number of aliphatic hydroxyl groups excluding tert-OH is 1. The molecule has 5 rings (SSSR count). The summed E-state index contributed by atoms with van der Waals surface area (Å²) in [7, 11) is 0. The third kappa shape index (κ3) is 6.21. The largest absolute Gasteiger partial charge is 0.486 e. The molecule has 0 aromatic heterocycles. The number of aliphatic hydroxyl groups is 1. The Hall–Kier alpha value is -2.90. The van der Waals surface area contributed by atoms with E-state index < -0.39 is 6.10 Å². The molecule has 1 N–H and O–H groups in total. The zero-order valence-electron chi connectivity index (χ0n) is 20.0. The second-order valence-electron chi connectivity index (χ2n) is 9.25. The second kappa shape index (κ2) is 11.7. The van der Waals surface area contributed by atoms with Crippen molar-refractivity contribution in [3.8, 4) is 11.5 Å². The minimum absolute atomic E-state index is 0.159. The fraction of sp³-hybridized carbons (Fsp3) is 0.379. The van der Waals surface area contributed by atoms with Crippen LogP contribution in [0, 0.1) is 0 Å². The number of rotatable bonds is 9. The maximum absolute atomic E-state index is 10.6. The molecule has 0 amide bonds. The zero-order valence-corrected chi connectivity index (χ0v) is 20.0. The molecule has 2 aliphatic rings. The molecule has 2 atom stereocenters. The van der Waals surface area contributed by atoms with E-state index in [4.69, 9.17) is 14.2 Å². The number of nitrogens with zero attached hydrogens (tertiary/aromatic N) is 2. The number of benzene rings is 3. The molecule has 0 unspecified atom stereocenters. The van der Waals surface area contributed by atoms with Crippen molar-refractivity contribution in [1.82, 2.24) is 9.80 Å². The van der Waals surface area contributed by atoms with E-state index in [1.165, 1.54) is 11.1 Å². The highest BCUT2D eigenvalue weighted by Crippen LogP contribution is 2.31. The number of fused-ring (bicyclic) bond motifs is 1. The molecule has 1 saturated heterocycles. The van der Waals surface area contributed by atoms with Crippen molar-refractivity contribution in [2.75, 3.05) is 52.5 Å². The first-order valence-corrected chi connectivity index (χ1v) is 12.5. The lowest BCUT2D eigenvalue weighted by Gasteiger charge is -2.40. The molecule has 6 heteroatoms. The molecule has 3 aromatic rings. The summed E-state index contributed by atoms with van der Waals surface area (Å²) in [6.07, 6.45) is -0.689. The Kier molecular flexibility index (Phi) is 7.96. The molecule has 0 saturated carbocycles. The molecule has 184 valence electrons. The van der Waals surface area contributed by atoms with Gasteiger partial charge in [0.2, 0.25) is 0 Å². The van der Waals surface area contributed by atoms with Crippen LogP contribution in [-0.2, 0) is 4.74 Å². The van der Waals surface area contributed by atoms with Crippen LogP contribution in [0.15, 0.2) is 84.9 Å². The van der Waals surface area contributed by atoms with Gasteiger partial charge in [0, 0.05) is 32.7 Å². The van der Waals surface area contributed by atoms with Crippen molar-refractivity contribution in [2.45, 2.75) is 18.2 Å². The van der Waals surface area contributed by atoms with Gasteiger partial charge in [0.05, 0.1) is 25.4 Å². The lowest BCUT2D eigenvalue weighted by molar-refractivity contribution is -0.0327. The summed E-state index contributed by atoms with van der Waals surface area (Å²) < 4.78 is 17.4. The predicted octanol–water partition coefficient (Wildman–Crippen LogP) is 3.61.